The van der Waals surface area contributed by atoms with Gasteiger partial charge >= 0.3 is 0 Å². The van der Waals surface area contributed by atoms with E-state index < -0.39 is 26.5 Å². The highest BCUT2D eigenvalue weighted by atomic mass is 35.5. The molecule has 0 amide bonds. The maximum atomic E-state index is 13.1. The summed E-state index contributed by atoms with van der Waals surface area (Å²) in [5, 5.41) is 25.3. The number of benzene rings is 3. The summed E-state index contributed by atoms with van der Waals surface area (Å²) < 4.78 is 42.5. The molecule has 0 aliphatic carbocycles. The van der Waals surface area contributed by atoms with Gasteiger partial charge in [-0.15, -0.1) is 0 Å². The summed E-state index contributed by atoms with van der Waals surface area (Å²) in [5.41, 5.74) is 1.08. The Labute approximate surface area is 182 Å². The average molecular weight is 460 g/mol. The van der Waals surface area contributed by atoms with Crippen LogP contribution in [-0.2, 0) is 10.0 Å². The van der Waals surface area contributed by atoms with E-state index in [0.29, 0.717) is 16.4 Å². The van der Waals surface area contributed by atoms with Crippen LogP contribution < -0.4 is 4.72 Å². The zero-order chi connectivity index (χ0) is 22.2. The largest absolute Gasteiger partial charge is 0.507 e. The molecule has 0 saturated carbocycles. The first-order chi connectivity index (χ1) is 14.8. The number of nitrogens with zero attached hydrogens (tertiary/aromatic N) is 2. The number of phenolic OH excluding ortho intramolecular Hbond substituents is 2. The van der Waals surface area contributed by atoms with Gasteiger partial charge in [-0.1, -0.05) is 23.7 Å². The molecule has 0 bridgehead atoms. The molecule has 0 spiro atoms. The van der Waals surface area contributed by atoms with Crippen LogP contribution in [0.5, 0.6) is 11.5 Å². The number of anilines is 1. The van der Waals surface area contributed by atoms with Crippen LogP contribution in [0, 0.1) is 5.82 Å². The smallest absolute Gasteiger partial charge is 0.265 e. The summed E-state index contributed by atoms with van der Waals surface area (Å²) >= 11 is 6.25. The van der Waals surface area contributed by atoms with Crippen molar-refractivity contribution < 1.29 is 23.0 Å². The molecule has 3 N–H and O–H groups in total. The third-order valence-electron chi connectivity index (χ3n) is 4.46. The second-order valence-corrected chi connectivity index (χ2v) is 8.59. The standard InChI is InChI=1S/C21H15ClFN3O4S/c22-16-3-1-2-4-18(16)26-17(9-10-24-26)15-11-21(20(28)12-19(15)27)31(29,30)25-14-7-5-13(23)6-8-14/h1-12,25,27-28H. The van der Waals surface area contributed by atoms with E-state index in [4.69, 9.17) is 11.6 Å². The van der Waals surface area contributed by atoms with Crippen LogP contribution in [0.1, 0.15) is 0 Å². The van der Waals surface area contributed by atoms with Crippen LogP contribution in [0.4, 0.5) is 10.1 Å². The molecule has 1 aromatic heterocycles. The van der Waals surface area contributed by atoms with E-state index in [-0.39, 0.29) is 17.0 Å². The number of aromatic nitrogens is 2. The fourth-order valence-electron chi connectivity index (χ4n) is 3.03. The minimum absolute atomic E-state index is 0.106. The molecule has 31 heavy (non-hydrogen) atoms. The SMILES string of the molecule is O=S(=O)(Nc1ccc(F)cc1)c1cc(-c2ccnn2-c2ccccc2Cl)c(O)cc1O. The second kappa shape index (κ2) is 7.93. The van der Waals surface area contributed by atoms with Crippen molar-refractivity contribution in [3.8, 4) is 28.4 Å². The lowest BCUT2D eigenvalue weighted by atomic mass is 10.1. The Morgan fingerprint density at radius 3 is 2.39 bits per heavy atom. The van der Waals surface area contributed by atoms with Gasteiger partial charge in [-0.3, -0.25) is 4.72 Å². The van der Waals surface area contributed by atoms with Crippen molar-refractivity contribution in [2.45, 2.75) is 4.90 Å². The quantitative estimate of drug-likeness (QED) is 0.406. The van der Waals surface area contributed by atoms with Crippen LogP contribution in [-0.4, -0.2) is 28.4 Å². The number of aromatic hydroxyl groups is 2. The molecule has 0 aliphatic rings. The van der Waals surface area contributed by atoms with Crippen molar-refractivity contribution in [3.05, 3.63) is 83.8 Å². The van der Waals surface area contributed by atoms with Crippen molar-refractivity contribution in [1.29, 1.82) is 0 Å². The summed E-state index contributed by atoms with van der Waals surface area (Å²) in [7, 11) is -4.26. The van der Waals surface area contributed by atoms with E-state index in [1.54, 1.807) is 30.3 Å². The van der Waals surface area contributed by atoms with Crippen LogP contribution in [0.2, 0.25) is 5.02 Å². The van der Waals surface area contributed by atoms with Gasteiger partial charge in [0.1, 0.15) is 22.2 Å². The fraction of sp³-hybridized carbons (Fsp3) is 0. The Morgan fingerprint density at radius 1 is 0.968 bits per heavy atom. The van der Waals surface area contributed by atoms with E-state index in [9.17, 15) is 23.0 Å². The molecule has 158 valence electrons. The normalized spacial score (nSPS) is 11.4. The van der Waals surface area contributed by atoms with E-state index in [0.717, 1.165) is 24.3 Å². The summed E-state index contributed by atoms with van der Waals surface area (Å²) in [5.74, 6) is -1.53. The molecule has 0 fully saturated rings. The van der Waals surface area contributed by atoms with E-state index in [2.05, 4.69) is 9.82 Å². The molecule has 0 aliphatic heterocycles. The van der Waals surface area contributed by atoms with Gasteiger partial charge in [0.25, 0.3) is 10.0 Å². The van der Waals surface area contributed by atoms with Crippen molar-refractivity contribution >= 4 is 27.3 Å². The highest BCUT2D eigenvalue weighted by Gasteiger charge is 2.24. The molecule has 4 aromatic rings. The molecule has 0 unspecified atom stereocenters. The summed E-state index contributed by atoms with van der Waals surface area (Å²) in [6, 6.07) is 15.2. The maximum Gasteiger partial charge on any atom is 0.265 e. The molecule has 3 aromatic carbocycles. The molecule has 0 radical (unpaired) electrons. The zero-order valence-electron chi connectivity index (χ0n) is 15.7. The van der Waals surface area contributed by atoms with Gasteiger partial charge in [0, 0.05) is 17.3 Å². The van der Waals surface area contributed by atoms with Gasteiger partial charge in [0.05, 0.1) is 22.6 Å². The van der Waals surface area contributed by atoms with Crippen molar-refractivity contribution in [3.63, 3.8) is 0 Å². The third kappa shape index (κ3) is 4.05. The lowest BCUT2D eigenvalue weighted by molar-refractivity contribution is 0.440. The molecule has 7 nitrogen and oxygen atoms in total. The number of para-hydroxylation sites is 1. The molecule has 1 heterocycles. The first-order valence-corrected chi connectivity index (χ1v) is 10.8. The van der Waals surface area contributed by atoms with Crippen molar-refractivity contribution in [2.75, 3.05) is 4.72 Å². The minimum Gasteiger partial charge on any atom is -0.507 e. The predicted molar refractivity (Wildman–Crippen MR) is 115 cm³/mol. The van der Waals surface area contributed by atoms with Gasteiger partial charge in [-0.2, -0.15) is 5.10 Å². The van der Waals surface area contributed by atoms with Gasteiger partial charge in [0.2, 0.25) is 0 Å². The van der Waals surface area contributed by atoms with E-state index in [1.807, 2.05) is 0 Å². The maximum absolute atomic E-state index is 13.1. The van der Waals surface area contributed by atoms with Gasteiger partial charge in [0.15, 0.2) is 0 Å². The number of sulfonamides is 1. The predicted octanol–water partition coefficient (Wildman–Crippen LogP) is 4.54. The molecular formula is C21H15ClFN3O4S. The minimum atomic E-state index is -4.26. The first kappa shape index (κ1) is 20.7. The first-order valence-electron chi connectivity index (χ1n) is 8.90. The van der Waals surface area contributed by atoms with E-state index in [1.165, 1.54) is 23.0 Å². The molecule has 10 heteroatoms. The number of halogens is 2. The monoisotopic (exact) mass is 459 g/mol. The summed E-state index contributed by atoms with van der Waals surface area (Å²) in [4.78, 5) is -0.475. The Bertz CT molecular complexity index is 1370. The Morgan fingerprint density at radius 2 is 1.68 bits per heavy atom. The Balaban J connectivity index is 1.81. The summed E-state index contributed by atoms with van der Waals surface area (Å²) in [6.45, 7) is 0. The number of hydrogen-bond acceptors (Lipinski definition) is 5. The zero-order valence-corrected chi connectivity index (χ0v) is 17.3. The number of rotatable bonds is 5. The highest BCUT2D eigenvalue weighted by molar-refractivity contribution is 7.92. The fourth-order valence-corrected chi connectivity index (χ4v) is 4.41. The average Bonchev–Trinajstić information content (AvgIpc) is 3.19. The molecule has 4 rings (SSSR count). The number of nitrogens with one attached hydrogen (secondary N) is 1. The second-order valence-electron chi connectivity index (χ2n) is 6.53. The molecule has 0 saturated heterocycles. The van der Waals surface area contributed by atoms with Crippen LogP contribution in [0.25, 0.3) is 16.9 Å². The topological polar surface area (TPSA) is 104 Å². The lowest BCUT2D eigenvalue weighted by Crippen LogP contribution is -2.13. The van der Waals surface area contributed by atoms with Gasteiger partial charge in [-0.25, -0.2) is 17.5 Å². The van der Waals surface area contributed by atoms with Gasteiger partial charge < -0.3 is 10.2 Å². The highest BCUT2D eigenvalue weighted by Crippen LogP contribution is 2.38. The van der Waals surface area contributed by atoms with Crippen LogP contribution >= 0.6 is 11.6 Å². The number of hydrogen-bond donors (Lipinski definition) is 3. The molecule has 0 atom stereocenters. The lowest BCUT2D eigenvalue weighted by Gasteiger charge is -2.14. The summed E-state index contributed by atoms with van der Waals surface area (Å²) in [6.07, 6.45) is 1.47. The Hall–Kier alpha value is -3.56. The van der Waals surface area contributed by atoms with E-state index >= 15 is 0 Å². The van der Waals surface area contributed by atoms with Crippen LogP contribution in [0.3, 0.4) is 0 Å². The van der Waals surface area contributed by atoms with Crippen LogP contribution in [0.15, 0.2) is 77.8 Å². The molecular weight excluding hydrogens is 445 g/mol. The van der Waals surface area contributed by atoms with Crippen molar-refractivity contribution in [1.82, 2.24) is 9.78 Å². The van der Waals surface area contributed by atoms with Gasteiger partial charge in [-0.05, 0) is 48.5 Å². The number of phenols is 2. The van der Waals surface area contributed by atoms with Crippen molar-refractivity contribution in [2.24, 2.45) is 0 Å². The third-order valence-corrected chi connectivity index (χ3v) is 6.19. The Kier molecular flexibility index (Phi) is 5.30.